The Balaban J connectivity index is 1.55. The average molecular weight is 537 g/mol. The molecule has 0 saturated carbocycles. The molecule has 1 heterocycles. The highest BCUT2D eigenvalue weighted by atomic mass is 79.9. The summed E-state index contributed by atoms with van der Waals surface area (Å²) in [5, 5.41) is 13.1. The van der Waals surface area contributed by atoms with Gasteiger partial charge in [-0.15, -0.1) is 10.2 Å². The van der Waals surface area contributed by atoms with E-state index >= 15 is 0 Å². The molecule has 3 aromatic rings. The summed E-state index contributed by atoms with van der Waals surface area (Å²) < 4.78 is 8.20. The molecule has 0 unspecified atom stereocenters. The van der Waals surface area contributed by atoms with Gasteiger partial charge in [-0.2, -0.15) is 0 Å². The lowest BCUT2D eigenvalue weighted by Crippen LogP contribution is -2.14. The van der Waals surface area contributed by atoms with Crippen molar-refractivity contribution in [1.29, 1.82) is 0 Å². The Bertz CT molecular complexity index is 1050. The van der Waals surface area contributed by atoms with E-state index < -0.39 is 0 Å². The highest BCUT2D eigenvalue weighted by Crippen LogP contribution is 2.28. The van der Waals surface area contributed by atoms with Crippen LogP contribution in [0, 0.1) is 0 Å². The highest BCUT2D eigenvalue weighted by molar-refractivity contribution is 9.10. The smallest absolute Gasteiger partial charge is 0.234 e. The molecule has 0 saturated heterocycles. The fourth-order valence-electron chi connectivity index (χ4n) is 2.23. The van der Waals surface area contributed by atoms with Gasteiger partial charge in [0.2, 0.25) is 5.91 Å². The summed E-state index contributed by atoms with van der Waals surface area (Å²) in [7, 11) is 1.80. The fraction of sp³-hybridized carbons (Fsp3) is 0.167. The second-order valence-electron chi connectivity index (χ2n) is 5.79. The highest BCUT2D eigenvalue weighted by Gasteiger charge is 2.13. The molecule has 152 valence electrons. The van der Waals surface area contributed by atoms with E-state index in [0.717, 1.165) is 4.47 Å². The number of hydrogen-bond donors (Lipinski definition) is 1. The van der Waals surface area contributed by atoms with Gasteiger partial charge in [-0.25, -0.2) is 0 Å². The largest absolute Gasteiger partial charge is 0.484 e. The summed E-state index contributed by atoms with van der Waals surface area (Å²) in [6, 6.07) is 10.2. The second-order valence-corrected chi connectivity index (χ2v) is 8.83. The van der Waals surface area contributed by atoms with Gasteiger partial charge in [-0.1, -0.05) is 46.6 Å². The number of hydrogen-bond acceptors (Lipinski definition) is 5. The van der Waals surface area contributed by atoms with Gasteiger partial charge in [-0.3, -0.25) is 4.79 Å². The minimum absolute atomic E-state index is 0.170. The molecule has 6 nitrogen and oxygen atoms in total. The van der Waals surface area contributed by atoms with Crippen molar-refractivity contribution in [2.75, 3.05) is 11.1 Å². The maximum absolute atomic E-state index is 12.2. The predicted octanol–water partition coefficient (Wildman–Crippen LogP) is 5.85. The molecule has 1 aromatic heterocycles. The van der Waals surface area contributed by atoms with Crippen LogP contribution in [0.2, 0.25) is 15.1 Å². The van der Waals surface area contributed by atoms with E-state index in [9.17, 15) is 4.79 Å². The van der Waals surface area contributed by atoms with Crippen molar-refractivity contribution >= 4 is 74.1 Å². The van der Waals surface area contributed by atoms with Crippen LogP contribution in [0.3, 0.4) is 0 Å². The van der Waals surface area contributed by atoms with Crippen molar-refractivity contribution in [3.05, 3.63) is 61.8 Å². The van der Waals surface area contributed by atoms with Gasteiger partial charge < -0.3 is 14.6 Å². The summed E-state index contributed by atoms with van der Waals surface area (Å²) in [5.41, 5.74) is 0.621. The Labute approximate surface area is 195 Å². The molecule has 3 rings (SSSR count). The molecule has 0 aliphatic rings. The number of ether oxygens (including phenoxy) is 1. The SMILES string of the molecule is Cn1c(COc2ccc(Cl)cc2Cl)nnc1SCC(=O)Nc1ccc(Br)c(Cl)c1. The number of benzene rings is 2. The van der Waals surface area contributed by atoms with Crippen molar-refractivity contribution in [3.63, 3.8) is 0 Å². The van der Waals surface area contributed by atoms with E-state index in [2.05, 4.69) is 31.4 Å². The fourth-order valence-corrected chi connectivity index (χ4v) is 3.85. The van der Waals surface area contributed by atoms with E-state index in [1.54, 1.807) is 48.0 Å². The molecule has 29 heavy (non-hydrogen) atoms. The molecule has 0 bridgehead atoms. The Hall–Kier alpha value is -1.45. The first kappa shape index (κ1) is 22.2. The Kier molecular flexibility index (Phi) is 7.70. The number of halogens is 4. The molecule has 0 spiro atoms. The van der Waals surface area contributed by atoms with E-state index in [0.29, 0.717) is 37.5 Å². The van der Waals surface area contributed by atoms with Gasteiger partial charge in [0, 0.05) is 22.2 Å². The van der Waals surface area contributed by atoms with Gasteiger partial charge in [0.1, 0.15) is 12.4 Å². The maximum atomic E-state index is 12.2. The third-order valence-electron chi connectivity index (χ3n) is 3.71. The van der Waals surface area contributed by atoms with Crippen LogP contribution in [0.1, 0.15) is 5.82 Å². The maximum Gasteiger partial charge on any atom is 0.234 e. The molecule has 11 heteroatoms. The monoisotopic (exact) mass is 534 g/mol. The number of carbonyl (C=O) groups excluding carboxylic acids is 1. The number of thioether (sulfide) groups is 1. The van der Waals surface area contributed by atoms with Crippen LogP contribution in [0.25, 0.3) is 0 Å². The van der Waals surface area contributed by atoms with Crippen molar-refractivity contribution in [1.82, 2.24) is 14.8 Å². The molecule has 0 aliphatic heterocycles. The van der Waals surface area contributed by atoms with E-state index in [1.165, 1.54) is 11.8 Å². The van der Waals surface area contributed by atoms with Crippen LogP contribution in [-0.4, -0.2) is 26.4 Å². The quantitative estimate of drug-likeness (QED) is 0.384. The van der Waals surface area contributed by atoms with Gasteiger partial charge >= 0.3 is 0 Å². The Morgan fingerprint density at radius 3 is 2.69 bits per heavy atom. The predicted molar refractivity (Wildman–Crippen MR) is 120 cm³/mol. The van der Waals surface area contributed by atoms with Crippen LogP contribution in [0.5, 0.6) is 5.75 Å². The van der Waals surface area contributed by atoms with Crippen molar-refractivity contribution < 1.29 is 9.53 Å². The molecule has 0 fully saturated rings. The minimum Gasteiger partial charge on any atom is -0.484 e. The third-order valence-corrected chi connectivity index (χ3v) is 6.49. The molecule has 2 aromatic carbocycles. The van der Waals surface area contributed by atoms with Crippen LogP contribution < -0.4 is 10.1 Å². The number of nitrogens with zero attached hydrogens (tertiary/aromatic N) is 3. The molecular formula is C18H14BrCl3N4O2S. The summed E-state index contributed by atoms with van der Waals surface area (Å²) in [6.45, 7) is 0.176. The van der Waals surface area contributed by atoms with Crippen molar-refractivity contribution in [3.8, 4) is 5.75 Å². The van der Waals surface area contributed by atoms with E-state index in [-0.39, 0.29) is 18.3 Å². The lowest BCUT2D eigenvalue weighted by Gasteiger charge is -2.08. The first-order valence-electron chi connectivity index (χ1n) is 8.17. The van der Waals surface area contributed by atoms with Crippen molar-refractivity contribution in [2.45, 2.75) is 11.8 Å². The zero-order valence-electron chi connectivity index (χ0n) is 15.0. The molecule has 1 N–H and O–H groups in total. The van der Waals surface area contributed by atoms with E-state index in [4.69, 9.17) is 39.5 Å². The number of amides is 1. The standard InChI is InChI=1S/C18H14BrCl3N4O2S/c1-26-16(8-28-15-5-2-10(20)6-14(15)22)24-25-18(26)29-9-17(27)23-11-3-4-12(19)13(21)7-11/h2-7H,8-9H2,1H3,(H,23,27). The average Bonchev–Trinajstić information content (AvgIpc) is 3.02. The first-order valence-corrected chi connectivity index (χ1v) is 11.1. The van der Waals surface area contributed by atoms with E-state index in [1.807, 2.05) is 0 Å². The molecule has 0 atom stereocenters. The van der Waals surface area contributed by atoms with Crippen LogP contribution >= 0.6 is 62.5 Å². The zero-order chi connectivity index (χ0) is 21.0. The Morgan fingerprint density at radius 1 is 1.17 bits per heavy atom. The van der Waals surface area contributed by atoms with Gasteiger partial charge in [0.25, 0.3) is 0 Å². The second kappa shape index (κ2) is 10.0. The topological polar surface area (TPSA) is 69.0 Å². The number of nitrogens with one attached hydrogen (secondary N) is 1. The lowest BCUT2D eigenvalue weighted by atomic mass is 10.3. The summed E-state index contributed by atoms with van der Waals surface area (Å²) in [6.07, 6.45) is 0. The molecule has 0 aliphatic carbocycles. The summed E-state index contributed by atoms with van der Waals surface area (Å²) >= 11 is 22.6. The molecular weight excluding hydrogens is 523 g/mol. The lowest BCUT2D eigenvalue weighted by molar-refractivity contribution is -0.113. The molecule has 1 amide bonds. The number of aromatic nitrogens is 3. The minimum atomic E-state index is -0.179. The first-order chi connectivity index (χ1) is 13.8. The van der Waals surface area contributed by atoms with Crippen LogP contribution in [0.4, 0.5) is 5.69 Å². The van der Waals surface area contributed by atoms with Gasteiger partial charge in [0.05, 0.1) is 15.8 Å². The van der Waals surface area contributed by atoms with Gasteiger partial charge in [-0.05, 0) is 52.3 Å². The Morgan fingerprint density at radius 2 is 1.97 bits per heavy atom. The number of carbonyl (C=O) groups is 1. The zero-order valence-corrected chi connectivity index (χ0v) is 19.6. The third kappa shape index (κ3) is 6.02. The molecule has 0 radical (unpaired) electrons. The summed E-state index contributed by atoms with van der Waals surface area (Å²) in [5.74, 6) is 1.09. The van der Waals surface area contributed by atoms with Crippen LogP contribution in [0.15, 0.2) is 46.0 Å². The number of rotatable bonds is 7. The normalized spacial score (nSPS) is 10.8. The van der Waals surface area contributed by atoms with Gasteiger partial charge in [0.15, 0.2) is 11.0 Å². The van der Waals surface area contributed by atoms with Crippen molar-refractivity contribution in [2.24, 2.45) is 7.05 Å². The van der Waals surface area contributed by atoms with Crippen LogP contribution in [-0.2, 0) is 18.4 Å². The number of anilines is 1. The summed E-state index contributed by atoms with van der Waals surface area (Å²) in [4.78, 5) is 12.2.